The van der Waals surface area contributed by atoms with Gasteiger partial charge in [0.2, 0.25) is 5.91 Å². The van der Waals surface area contributed by atoms with Gasteiger partial charge in [-0.2, -0.15) is 0 Å². The summed E-state index contributed by atoms with van der Waals surface area (Å²) in [5.41, 5.74) is 7.40. The second-order valence-electron chi connectivity index (χ2n) is 4.72. The predicted molar refractivity (Wildman–Crippen MR) is 84.2 cm³/mol. The lowest BCUT2D eigenvalue weighted by Crippen LogP contribution is -2.27. The molecule has 0 aliphatic rings. The Kier molecular flexibility index (Phi) is 5.35. The van der Waals surface area contributed by atoms with Crippen molar-refractivity contribution in [3.8, 4) is 5.75 Å². The number of carbonyl (C=O) groups excluding carboxylic acids is 1. The molecule has 21 heavy (non-hydrogen) atoms. The molecule has 0 radical (unpaired) electrons. The summed E-state index contributed by atoms with van der Waals surface area (Å²) in [5, 5.41) is 2.83. The summed E-state index contributed by atoms with van der Waals surface area (Å²) in [6.07, 6.45) is 0.909. The van der Waals surface area contributed by atoms with E-state index < -0.39 is 6.04 Å². The molecule has 3 N–H and O–H groups in total. The van der Waals surface area contributed by atoms with E-state index in [4.69, 9.17) is 10.5 Å². The minimum absolute atomic E-state index is 0.256. The molecule has 0 aliphatic heterocycles. The average molecular weight is 284 g/mol. The minimum Gasteiger partial charge on any atom is -0.491 e. The lowest BCUT2D eigenvalue weighted by atomic mass is 10.1. The van der Waals surface area contributed by atoms with Gasteiger partial charge in [0.15, 0.2) is 0 Å². The first-order valence-corrected chi connectivity index (χ1v) is 7.05. The van der Waals surface area contributed by atoms with E-state index in [9.17, 15) is 4.79 Å². The zero-order valence-electron chi connectivity index (χ0n) is 12.1. The maximum Gasteiger partial charge on any atom is 0.245 e. The molecule has 1 unspecified atom stereocenters. The van der Waals surface area contributed by atoms with Crippen LogP contribution in [0.5, 0.6) is 5.75 Å². The van der Waals surface area contributed by atoms with E-state index >= 15 is 0 Å². The predicted octanol–water partition coefficient (Wildman–Crippen LogP) is 3.11. The van der Waals surface area contributed by atoms with Gasteiger partial charge >= 0.3 is 0 Å². The van der Waals surface area contributed by atoms with E-state index in [-0.39, 0.29) is 5.91 Å². The lowest BCUT2D eigenvalue weighted by Gasteiger charge is -2.15. The smallest absolute Gasteiger partial charge is 0.245 e. The Morgan fingerprint density at radius 3 is 2.52 bits per heavy atom. The highest BCUT2D eigenvalue weighted by atomic mass is 16.5. The maximum absolute atomic E-state index is 12.2. The summed E-state index contributed by atoms with van der Waals surface area (Å²) in [7, 11) is 0. The highest BCUT2D eigenvalue weighted by Gasteiger charge is 2.16. The van der Waals surface area contributed by atoms with Gasteiger partial charge in [-0.15, -0.1) is 0 Å². The van der Waals surface area contributed by atoms with Gasteiger partial charge in [0.1, 0.15) is 11.8 Å². The molecule has 1 atom stereocenters. The van der Waals surface area contributed by atoms with E-state index in [0.29, 0.717) is 18.0 Å². The molecule has 0 bridgehead atoms. The fraction of sp³-hybridized carbons (Fsp3) is 0.235. The standard InChI is InChI=1S/C17H20N2O2/c1-2-12-21-15-11-7-6-10-14(15)19-17(20)16(18)13-8-4-3-5-9-13/h3-11,16H,2,12,18H2,1H3,(H,19,20). The molecule has 0 aromatic heterocycles. The molecule has 2 aromatic rings. The molecule has 0 saturated heterocycles. The number of hydrogen-bond acceptors (Lipinski definition) is 3. The van der Waals surface area contributed by atoms with Gasteiger partial charge in [0.05, 0.1) is 12.3 Å². The molecule has 4 heteroatoms. The Morgan fingerprint density at radius 2 is 1.81 bits per heavy atom. The Labute approximate surface area is 124 Å². The first kappa shape index (κ1) is 15.1. The second-order valence-corrected chi connectivity index (χ2v) is 4.72. The summed E-state index contributed by atoms with van der Waals surface area (Å²) in [6.45, 7) is 2.64. The van der Waals surface area contributed by atoms with Gasteiger partial charge < -0.3 is 15.8 Å². The first-order valence-electron chi connectivity index (χ1n) is 7.05. The van der Waals surface area contributed by atoms with Crippen LogP contribution in [0.25, 0.3) is 0 Å². The summed E-state index contributed by atoms with van der Waals surface area (Å²) in [5.74, 6) is 0.404. The van der Waals surface area contributed by atoms with Crippen molar-refractivity contribution in [2.75, 3.05) is 11.9 Å². The zero-order valence-corrected chi connectivity index (χ0v) is 12.1. The second kappa shape index (κ2) is 7.45. The molecule has 0 spiro atoms. The van der Waals surface area contributed by atoms with Crippen LogP contribution in [0.4, 0.5) is 5.69 Å². The van der Waals surface area contributed by atoms with E-state index in [1.54, 1.807) is 6.07 Å². The molecule has 110 valence electrons. The normalized spacial score (nSPS) is 11.7. The average Bonchev–Trinajstić information content (AvgIpc) is 2.54. The van der Waals surface area contributed by atoms with Crippen LogP contribution >= 0.6 is 0 Å². The topological polar surface area (TPSA) is 64.3 Å². The van der Waals surface area contributed by atoms with Crippen LogP contribution in [0, 0.1) is 0 Å². The third-order valence-corrected chi connectivity index (χ3v) is 3.05. The van der Waals surface area contributed by atoms with Crippen LogP contribution in [-0.4, -0.2) is 12.5 Å². The SMILES string of the molecule is CCCOc1ccccc1NC(=O)C(N)c1ccccc1. The van der Waals surface area contributed by atoms with Crippen molar-refractivity contribution >= 4 is 11.6 Å². The Morgan fingerprint density at radius 1 is 1.14 bits per heavy atom. The van der Waals surface area contributed by atoms with Crippen LogP contribution < -0.4 is 15.8 Å². The third kappa shape index (κ3) is 4.07. The molecule has 1 amide bonds. The number of carbonyl (C=O) groups is 1. The van der Waals surface area contributed by atoms with Crippen LogP contribution in [0.1, 0.15) is 24.9 Å². The lowest BCUT2D eigenvalue weighted by molar-refractivity contribution is -0.117. The molecular formula is C17H20N2O2. The third-order valence-electron chi connectivity index (χ3n) is 3.05. The summed E-state index contributed by atoms with van der Waals surface area (Å²) < 4.78 is 5.62. The number of para-hydroxylation sites is 2. The highest BCUT2D eigenvalue weighted by Crippen LogP contribution is 2.25. The molecule has 4 nitrogen and oxygen atoms in total. The van der Waals surface area contributed by atoms with E-state index in [0.717, 1.165) is 12.0 Å². The van der Waals surface area contributed by atoms with E-state index in [1.807, 2.05) is 55.5 Å². The number of ether oxygens (including phenoxy) is 1. The quantitative estimate of drug-likeness (QED) is 0.856. The Bertz CT molecular complexity index is 584. The Hall–Kier alpha value is -2.33. The van der Waals surface area contributed by atoms with Gasteiger partial charge in [0.25, 0.3) is 0 Å². The van der Waals surface area contributed by atoms with Gasteiger partial charge in [-0.25, -0.2) is 0 Å². The molecule has 0 fully saturated rings. The zero-order chi connectivity index (χ0) is 15.1. The molecule has 0 aliphatic carbocycles. The van der Waals surface area contributed by atoms with Crippen molar-refractivity contribution in [3.05, 3.63) is 60.2 Å². The number of rotatable bonds is 6. The first-order chi connectivity index (χ1) is 10.2. The van der Waals surface area contributed by atoms with Gasteiger partial charge in [-0.1, -0.05) is 49.4 Å². The van der Waals surface area contributed by atoms with E-state index in [1.165, 1.54) is 0 Å². The monoisotopic (exact) mass is 284 g/mol. The largest absolute Gasteiger partial charge is 0.491 e. The number of amides is 1. The summed E-state index contributed by atoms with van der Waals surface area (Å²) >= 11 is 0. The van der Waals surface area contributed by atoms with Crippen molar-refractivity contribution in [1.29, 1.82) is 0 Å². The van der Waals surface area contributed by atoms with Crippen molar-refractivity contribution < 1.29 is 9.53 Å². The van der Waals surface area contributed by atoms with Crippen molar-refractivity contribution in [2.45, 2.75) is 19.4 Å². The van der Waals surface area contributed by atoms with Crippen molar-refractivity contribution in [1.82, 2.24) is 0 Å². The molecule has 0 heterocycles. The van der Waals surface area contributed by atoms with Crippen molar-refractivity contribution in [3.63, 3.8) is 0 Å². The van der Waals surface area contributed by atoms with Crippen LogP contribution in [0.3, 0.4) is 0 Å². The molecule has 2 aromatic carbocycles. The highest BCUT2D eigenvalue weighted by molar-refractivity contribution is 5.96. The van der Waals surface area contributed by atoms with Gasteiger partial charge in [-0.3, -0.25) is 4.79 Å². The molecule has 2 rings (SSSR count). The number of nitrogens with one attached hydrogen (secondary N) is 1. The van der Waals surface area contributed by atoms with Gasteiger partial charge in [0, 0.05) is 0 Å². The summed E-state index contributed by atoms with van der Waals surface area (Å²) in [6, 6.07) is 15.9. The van der Waals surface area contributed by atoms with Gasteiger partial charge in [-0.05, 0) is 24.1 Å². The van der Waals surface area contributed by atoms with Crippen LogP contribution in [0.15, 0.2) is 54.6 Å². The Balaban J connectivity index is 2.09. The number of anilines is 1. The fourth-order valence-electron chi connectivity index (χ4n) is 1.93. The van der Waals surface area contributed by atoms with Crippen LogP contribution in [-0.2, 0) is 4.79 Å². The number of nitrogens with two attached hydrogens (primary N) is 1. The minimum atomic E-state index is -0.703. The number of benzene rings is 2. The van der Waals surface area contributed by atoms with Crippen molar-refractivity contribution in [2.24, 2.45) is 5.73 Å². The van der Waals surface area contributed by atoms with E-state index in [2.05, 4.69) is 5.32 Å². The molecular weight excluding hydrogens is 264 g/mol. The van der Waals surface area contributed by atoms with Crippen LogP contribution in [0.2, 0.25) is 0 Å². The fourth-order valence-corrected chi connectivity index (χ4v) is 1.93. The molecule has 0 saturated carbocycles. The number of hydrogen-bond donors (Lipinski definition) is 2. The maximum atomic E-state index is 12.2. The summed E-state index contributed by atoms with van der Waals surface area (Å²) in [4.78, 5) is 12.2.